The maximum atomic E-state index is 12.5. The average Bonchev–Trinajstić information content (AvgIpc) is 3.02. The number of carbonyl (C=O) groups is 2. The maximum Gasteiger partial charge on any atom is 0.405 e. The van der Waals surface area contributed by atoms with Gasteiger partial charge in [-0.25, -0.2) is 0 Å². The van der Waals surface area contributed by atoms with Gasteiger partial charge in [0.25, 0.3) is 0 Å². The molecule has 9 atom stereocenters. The van der Waals surface area contributed by atoms with Crippen LogP contribution >= 0.6 is 0 Å². The lowest BCUT2D eigenvalue weighted by Gasteiger charge is -2.53. The van der Waals surface area contributed by atoms with Crippen molar-refractivity contribution in [1.82, 2.24) is 0 Å². The Morgan fingerprint density at radius 2 is 1.33 bits per heavy atom. The zero-order valence-electron chi connectivity index (χ0n) is 17.3. The zero-order chi connectivity index (χ0) is 24.6. The van der Waals surface area contributed by atoms with Crippen LogP contribution in [0.3, 0.4) is 0 Å². The monoisotopic (exact) mass is 484 g/mol. The molecule has 0 aromatic rings. The van der Waals surface area contributed by atoms with Gasteiger partial charge in [-0.3, -0.25) is 14.3 Å². The minimum absolute atomic E-state index is 0.132. The highest BCUT2D eigenvalue weighted by Crippen LogP contribution is 2.47. The number of carbonyl (C=O) groups excluding carboxylic acids is 2. The van der Waals surface area contributed by atoms with Gasteiger partial charge in [-0.05, 0) is 12.8 Å². The molecule has 0 aliphatic carbocycles. The summed E-state index contributed by atoms with van der Waals surface area (Å²) < 4.78 is 26.0. The second-order valence-electron chi connectivity index (χ2n) is 8.03. The molecule has 0 amide bonds. The second-order valence-corrected chi connectivity index (χ2v) is 8.03. The smallest absolute Gasteiger partial charge is 0.405 e. The topological polar surface area (TPSA) is 242 Å². The molecule has 33 heavy (non-hydrogen) atoms. The molecule has 190 valence electrons. The number of aliphatic hydroxyl groups is 8. The van der Waals surface area contributed by atoms with Crippen molar-refractivity contribution in [1.29, 1.82) is 0 Å². The van der Waals surface area contributed by atoms with E-state index in [1.807, 2.05) is 0 Å². The first-order chi connectivity index (χ1) is 15.5. The Labute approximate surface area is 186 Å². The van der Waals surface area contributed by atoms with Gasteiger partial charge < -0.3 is 59.8 Å². The Hall–Kier alpha value is -1.50. The van der Waals surface area contributed by atoms with Crippen molar-refractivity contribution in [2.75, 3.05) is 19.8 Å². The number of ether oxygens (including phenoxy) is 5. The first-order valence-corrected chi connectivity index (χ1v) is 10.3. The third-order valence-corrected chi connectivity index (χ3v) is 5.77. The van der Waals surface area contributed by atoms with E-state index in [1.54, 1.807) is 0 Å². The van der Waals surface area contributed by atoms with Crippen LogP contribution in [0, 0.1) is 0 Å². The van der Waals surface area contributed by atoms with E-state index in [0.717, 1.165) is 0 Å². The highest BCUT2D eigenvalue weighted by atomic mass is 17.0. The molecule has 0 saturated carbocycles. The third kappa shape index (κ3) is 4.35. The minimum atomic E-state index is -3.50. The number of hydrogen-bond acceptors (Lipinski definition) is 15. The van der Waals surface area contributed by atoms with E-state index in [9.17, 15) is 50.4 Å². The first-order valence-electron chi connectivity index (χ1n) is 10.3. The molecule has 3 rings (SSSR count). The number of fused-ring (bicyclic) bond motifs is 1. The predicted octanol–water partition coefficient (Wildman–Crippen LogP) is -5.08. The summed E-state index contributed by atoms with van der Waals surface area (Å²) in [5, 5.41) is 81.7. The molecule has 0 bridgehead atoms. The van der Waals surface area contributed by atoms with Gasteiger partial charge in [0.15, 0.2) is 6.10 Å². The Balaban J connectivity index is 2.15. The van der Waals surface area contributed by atoms with Gasteiger partial charge in [0, 0.05) is 12.8 Å². The molecule has 1 unspecified atom stereocenters. The predicted molar refractivity (Wildman–Crippen MR) is 97.2 cm³/mol. The fourth-order valence-electron chi connectivity index (χ4n) is 3.90. The van der Waals surface area contributed by atoms with Gasteiger partial charge in [0.2, 0.25) is 5.79 Å². The highest BCUT2D eigenvalue weighted by Gasteiger charge is 2.75. The molecule has 3 fully saturated rings. The van der Waals surface area contributed by atoms with Crippen molar-refractivity contribution in [3.63, 3.8) is 0 Å². The number of esters is 2. The van der Waals surface area contributed by atoms with Crippen LogP contribution in [0.4, 0.5) is 0 Å². The van der Waals surface area contributed by atoms with Gasteiger partial charge in [0.1, 0.15) is 37.1 Å². The molecule has 0 radical (unpaired) electrons. The molecule has 0 aromatic carbocycles. The van der Waals surface area contributed by atoms with Crippen molar-refractivity contribution in [3.8, 4) is 0 Å². The van der Waals surface area contributed by atoms with Gasteiger partial charge in [-0.1, -0.05) is 0 Å². The summed E-state index contributed by atoms with van der Waals surface area (Å²) >= 11 is 0. The molecular formula is C18H28O15. The Morgan fingerprint density at radius 1 is 0.818 bits per heavy atom. The normalized spacial score (nSPS) is 46.9. The Morgan fingerprint density at radius 3 is 1.85 bits per heavy atom. The lowest BCUT2D eigenvalue weighted by Crippen LogP contribution is -2.78. The van der Waals surface area contributed by atoms with Crippen molar-refractivity contribution in [2.45, 2.75) is 79.9 Å². The lowest BCUT2D eigenvalue weighted by atomic mass is 9.93. The van der Waals surface area contributed by atoms with Crippen LogP contribution in [-0.4, -0.2) is 127 Å². The Kier molecular flexibility index (Phi) is 7.62. The summed E-state index contributed by atoms with van der Waals surface area (Å²) in [6.07, 6.45) is -12.3. The summed E-state index contributed by atoms with van der Waals surface area (Å²) in [4.78, 5) is 24.8. The van der Waals surface area contributed by atoms with E-state index >= 15 is 0 Å². The summed E-state index contributed by atoms with van der Waals surface area (Å²) in [6.45, 7) is -3.18. The molecule has 3 aliphatic rings. The molecule has 8 N–H and O–H groups in total. The molecule has 3 heterocycles. The van der Waals surface area contributed by atoms with Crippen LogP contribution in [0.15, 0.2) is 0 Å². The second kappa shape index (κ2) is 9.63. The summed E-state index contributed by atoms with van der Waals surface area (Å²) in [7, 11) is 0. The Bertz CT molecular complexity index is 734. The lowest BCUT2D eigenvalue weighted by molar-refractivity contribution is -0.554. The third-order valence-electron chi connectivity index (χ3n) is 5.77. The van der Waals surface area contributed by atoms with Gasteiger partial charge in [-0.2, -0.15) is 0 Å². The molecule has 15 nitrogen and oxygen atoms in total. The van der Waals surface area contributed by atoms with E-state index in [4.69, 9.17) is 23.7 Å². The van der Waals surface area contributed by atoms with Crippen LogP contribution in [0.1, 0.15) is 25.7 Å². The largest absolute Gasteiger partial charge is 0.420 e. The van der Waals surface area contributed by atoms with E-state index in [-0.39, 0.29) is 25.7 Å². The van der Waals surface area contributed by atoms with E-state index in [2.05, 4.69) is 0 Å². The van der Waals surface area contributed by atoms with Crippen molar-refractivity contribution >= 4 is 11.9 Å². The maximum absolute atomic E-state index is 12.5. The van der Waals surface area contributed by atoms with Gasteiger partial charge in [-0.15, -0.1) is 0 Å². The molecule has 15 heteroatoms. The number of rotatable bonds is 5. The van der Waals surface area contributed by atoms with Crippen LogP contribution in [0.5, 0.6) is 0 Å². The van der Waals surface area contributed by atoms with E-state index in [1.165, 1.54) is 0 Å². The summed E-state index contributed by atoms with van der Waals surface area (Å²) in [6, 6.07) is 0. The summed E-state index contributed by atoms with van der Waals surface area (Å²) in [5.74, 6) is -11.9. The van der Waals surface area contributed by atoms with Crippen molar-refractivity contribution in [3.05, 3.63) is 0 Å². The quantitative estimate of drug-likeness (QED) is 0.170. The van der Waals surface area contributed by atoms with E-state index in [0.29, 0.717) is 0 Å². The molecular weight excluding hydrogens is 456 g/mol. The van der Waals surface area contributed by atoms with Crippen LogP contribution < -0.4 is 0 Å². The zero-order valence-corrected chi connectivity index (χ0v) is 17.3. The number of hydrogen-bond donors (Lipinski definition) is 8. The fourth-order valence-corrected chi connectivity index (χ4v) is 3.90. The molecule has 3 saturated heterocycles. The van der Waals surface area contributed by atoms with Gasteiger partial charge in [0.05, 0.1) is 13.2 Å². The average molecular weight is 484 g/mol. The van der Waals surface area contributed by atoms with Crippen LogP contribution in [0.2, 0.25) is 0 Å². The standard InChI is InChI=1S/C18H28O15/c19-5-8-12(24)14(26)16(7-21,29-8)33-18-17(28,15(27)13(25)9(6-20)30-18)31-10(22)3-1-2-4-11(23)32-18/h8-9,12-15,19-21,24-28H,1-7H2/t8-,9-,12-,13-,14+,15+,16?,17+,18+/m1/s1. The van der Waals surface area contributed by atoms with Crippen molar-refractivity contribution in [2.24, 2.45) is 0 Å². The van der Waals surface area contributed by atoms with Crippen LogP contribution in [0.25, 0.3) is 0 Å². The summed E-state index contributed by atoms with van der Waals surface area (Å²) in [5.41, 5.74) is 0. The molecule has 0 spiro atoms. The molecule has 3 aliphatic heterocycles. The van der Waals surface area contributed by atoms with Crippen molar-refractivity contribution < 1.29 is 74.1 Å². The SMILES string of the molecule is O=C1CCCCC(=O)O[C@@]2(O)[C@@H](O)[C@H](O)[C@@H](CO)O[C@]2(OC2(CO)O[C@H](CO)[C@@H](O)[C@@H]2O)O1. The number of aliphatic hydroxyl groups excluding tert-OH is 7. The minimum Gasteiger partial charge on any atom is -0.420 e. The highest BCUT2D eigenvalue weighted by molar-refractivity contribution is 5.72. The van der Waals surface area contributed by atoms with Crippen LogP contribution in [-0.2, 0) is 33.3 Å². The first kappa shape index (κ1) is 26.1. The fraction of sp³-hybridized carbons (Fsp3) is 0.889. The van der Waals surface area contributed by atoms with Gasteiger partial charge >= 0.3 is 23.7 Å². The van der Waals surface area contributed by atoms with E-state index < -0.39 is 85.9 Å². The molecule has 0 aromatic heterocycles.